The molecule has 2 heterocycles. The monoisotopic (exact) mass is 466 g/mol. The molecule has 1 aliphatic heterocycles. The van der Waals surface area contributed by atoms with Crippen LogP contribution >= 0.6 is 0 Å². The normalized spacial score (nSPS) is 18.0. The van der Waals surface area contributed by atoms with Crippen molar-refractivity contribution in [1.82, 2.24) is 10.2 Å². The Morgan fingerprint density at radius 3 is 2.46 bits per heavy atom. The van der Waals surface area contributed by atoms with Gasteiger partial charge in [0.05, 0.1) is 40.5 Å². The number of amides is 1. The summed E-state index contributed by atoms with van der Waals surface area (Å²) in [5.74, 6) is -0.908. The van der Waals surface area contributed by atoms with E-state index in [2.05, 4.69) is 32.6 Å². The highest BCUT2D eigenvalue weighted by atomic mass is 16.6. The molecule has 8 nitrogen and oxygen atoms in total. The molecule has 0 radical (unpaired) electrons. The molecule has 0 bridgehead atoms. The Balaban J connectivity index is 1.68. The number of hydrogen-bond donors (Lipinski definition) is 2. The highest BCUT2D eigenvalue weighted by molar-refractivity contribution is 5.95. The number of aromatic nitrogens is 2. The Morgan fingerprint density at radius 2 is 1.83 bits per heavy atom. The van der Waals surface area contributed by atoms with Crippen LogP contribution in [-0.4, -0.2) is 27.6 Å². The van der Waals surface area contributed by atoms with E-state index >= 15 is 0 Å². The van der Waals surface area contributed by atoms with Crippen LogP contribution in [0.4, 0.5) is 10.5 Å². The molecule has 176 valence electrons. The number of nitrogens with one attached hydrogen (secondary N) is 2. The summed E-state index contributed by atoms with van der Waals surface area (Å²) in [5.41, 5.74) is 5.17. The number of H-pyrrole nitrogens is 1. The molecule has 1 amide bonds. The number of anilines is 1. The van der Waals surface area contributed by atoms with Crippen molar-refractivity contribution in [3.8, 4) is 23.4 Å². The van der Waals surface area contributed by atoms with Crippen molar-refractivity contribution < 1.29 is 9.53 Å². The number of allylic oxidation sites excluding steroid dienone is 2. The molecule has 2 unspecified atom stereocenters. The molecule has 1 aliphatic rings. The molecule has 8 heteroatoms. The van der Waals surface area contributed by atoms with E-state index in [0.717, 1.165) is 27.7 Å². The molecule has 3 aromatic rings. The van der Waals surface area contributed by atoms with E-state index in [1.165, 1.54) is 0 Å². The van der Waals surface area contributed by atoms with E-state index in [1.807, 2.05) is 58.0 Å². The first kappa shape index (κ1) is 23.7. The predicted octanol–water partition coefficient (Wildman–Crippen LogP) is 6.07. The number of ether oxygens (including phenoxy) is 1. The van der Waals surface area contributed by atoms with Gasteiger partial charge in [0.2, 0.25) is 0 Å². The maximum absolute atomic E-state index is 12.0. The summed E-state index contributed by atoms with van der Waals surface area (Å²) in [5, 5.41) is 30.8. The summed E-state index contributed by atoms with van der Waals surface area (Å²) in [7, 11) is 0. The van der Waals surface area contributed by atoms with Crippen molar-refractivity contribution in [2.75, 3.05) is 5.32 Å². The molecule has 4 rings (SSSR count). The van der Waals surface area contributed by atoms with Crippen LogP contribution in [0.2, 0.25) is 0 Å². The molecule has 0 aliphatic carbocycles. The molecule has 0 saturated heterocycles. The van der Waals surface area contributed by atoms with Crippen molar-refractivity contribution in [3.63, 3.8) is 0 Å². The van der Waals surface area contributed by atoms with Gasteiger partial charge in [-0.15, -0.1) is 0 Å². The number of aromatic amines is 1. The minimum absolute atomic E-state index is 0.393. The zero-order valence-electron chi connectivity index (χ0n) is 20.3. The number of carbonyl (C=O) groups excluding carboxylic acids is 1. The number of nitriles is 2. The summed E-state index contributed by atoms with van der Waals surface area (Å²) in [6, 6.07) is 17.7. The van der Waals surface area contributed by atoms with Crippen molar-refractivity contribution in [1.29, 1.82) is 10.5 Å². The van der Waals surface area contributed by atoms with E-state index in [0.29, 0.717) is 22.7 Å². The van der Waals surface area contributed by atoms with Gasteiger partial charge in [0.1, 0.15) is 5.60 Å². The van der Waals surface area contributed by atoms with E-state index in [9.17, 15) is 15.3 Å². The summed E-state index contributed by atoms with van der Waals surface area (Å²) in [6.45, 7) is 9.06. The average Bonchev–Trinajstić information content (AvgIpc) is 3.21. The van der Waals surface area contributed by atoms with Crippen LogP contribution in [-0.2, 0) is 4.74 Å². The maximum atomic E-state index is 12.0. The highest BCUT2D eigenvalue weighted by Gasteiger charge is 2.34. The van der Waals surface area contributed by atoms with Crippen LogP contribution in [0.3, 0.4) is 0 Å². The van der Waals surface area contributed by atoms with Gasteiger partial charge in [0, 0.05) is 28.3 Å². The third-order valence-corrected chi connectivity index (χ3v) is 5.84. The van der Waals surface area contributed by atoms with Gasteiger partial charge in [-0.3, -0.25) is 15.4 Å². The Kier molecular flexibility index (Phi) is 6.15. The molecule has 2 aromatic carbocycles. The molecular formula is C27H26N6O2. The van der Waals surface area contributed by atoms with E-state index in [1.54, 1.807) is 19.1 Å². The fourth-order valence-electron chi connectivity index (χ4n) is 4.28. The van der Waals surface area contributed by atoms with E-state index in [4.69, 9.17) is 4.74 Å². The second-order valence-corrected chi connectivity index (χ2v) is 9.53. The predicted molar refractivity (Wildman–Crippen MR) is 135 cm³/mol. The Morgan fingerprint density at radius 1 is 1.11 bits per heavy atom. The van der Waals surface area contributed by atoms with Crippen molar-refractivity contribution in [2.45, 2.75) is 46.1 Å². The molecule has 2 atom stereocenters. The fourth-order valence-corrected chi connectivity index (χ4v) is 4.28. The lowest BCUT2D eigenvalue weighted by molar-refractivity contribution is 0.0636. The topological polar surface area (TPSA) is 127 Å². The molecular weight excluding hydrogens is 440 g/mol. The second kappa shape index (κ2) is 9.08. The second-order valence-electron chi connectivity index (χ2n) is 9.53. The van der Waals surface area contributed by atoms with Gasteiger partial charge in [0.25, 0.3) is 0 Å². The minimum atomic E-state index is -0.581. The number of carbonyl (C=O) groups is 1. The third kappa shape index (κ3) is 4.78. The number of fused-ring (bicyclic) bond motifs is 1. The van der Waals surface area contributed by atoms with Crippen LogP contribution in [0.5, 0.6) is 0 Å². The Hall–Kier alpha value is -4.43. The van der Waals surface area contributed by atoms with Crippen LogP contribution in [0.1, 0.15) is 46.1 Å². The largest absolute Gasteiger partial charge is 0.444 e. The fraction of sp³-hybridized carbons (Fsp3) is 0.296. The van der Waals surface area contributed by atoms with Crippen LogP contribution in [0.15, 0.2) is 58.7 Å². The lowest BCUT2D eigenvalue weighted by atomic mass is 9.76. The highest BCUT2D eigenvalue weighted by Crippen LogP contribution is 2.40. The zero-order chi connectivity index (χ0) is 25.3. The van der Waals surface area contributed by atoms with Gasteiger partial charge in [-0.25, -0.2) is 4.79 Å². The maximum Gasteiger partial charge on any atom is 0.412 e. The summed E-state index contributed by atoms with van der Waals surface area (Å²) in [6.07, 6.45) is -0.518. The summed E-state index contributed by atoms with van der Waals surface area (Å²) in [4.78, 5) is 16.5. The first-order chi connectivity index (χ1) is 16.6. The zero-order valence-corrected chi connectivity index (χ0v) is 20.3. The van der Waals surface area contributed by atoms with E-state index in [-0.39, 0.29) is 0 Å². The number of rotatable bonds is 3. The Bertz CT molecular complexity index is 1440. The first-order valence-electron chi connectivity index (χ1n) is 11.3. The van der Waals surface area contributed by atoms with Crippen molar-refractivity contribution >= 4 is 28.4 Å². The van der Waals surface area contributed by atoms with Gasteiger partial charge >= 0.3 is 6.09 Å². The smallest absolute Gasteiger partial charge is 0.412 e. The van der Waals surface area contributed by atoms with E-state index < -0.39 is 23.5 Å². The molecule has 0 spiro atoms. The molecule has 0 fully saturated rings. The lowest BCUT2D eigenvalue weighted by Crippen LogP contribution is -2.27. The van der Waals surface area contributed by atoms with Crippen molar-refractivity contribution in [2.24, 2.45) is 10.9 Å². The Labute approximate surface area is 203 Å². The summed E-state index contributed by atoms with van der Waals surface area (Å²) < 4.78 is 5.30. The standard InChI is InChI=1S/C27H26N6O2/c1-15-21(13-28)24(22(14-29)16(2)30-15)18-8-11-23-20(12-18)25(33-32-23)17-6-9-19(10-7-17)31-26(34)35-27(3,4)5/h6-12,21,24H,1-5H3,(H,31,34)(H,32,33). The van der Waals surface area contributed by atoms with Crippen LogP contribution in [0, 0.1) is 28.6 Å². The van der Waals surface area contributed by atoms with Gasteiger partial charge in [0.15, 0.2) is 0 Å². The number of benzene rings is 2. The van der Waals surface area contributed by atoms with Gasteiger partial charge in [-0.05, 0) is 64.4 Å². The van der Waals surface area contributed by atoms with Crippen LogP contribution in [0.25, 0.3) is 22.2 Å². The molecule has 0 saturated carbocycles. The van der Waals surface area contributed by atoms with Crippen molar-refractivity contribution in [3.05, 3.63) is 59.3 Å². The molecule has 35 heavy (non-hydrogen) atoms. The van der Waals surface area contributed by atoms with Gasteiger partial charge in [-0.1, -0.05) is 18.2 Å². The number of hydrogen-bond acceptors (Lipinski definition) is 6. The quantitative estimate of drug-likeness (QED) is 0.484. The van der Waals surface area contributed by atoms with Gasteiger partial charge in [-0.2, -0.15) is 15.6 Å². The molecule has 1 aromatic heterocycles. The SMILES string of the molecule is CC1=NC(C)=C(C#N)C(c2ccc3[nH]nc(-c4ccc(NC(=O)OC(C)(C)C)cc4)c3c2)C1C#N. The summed E-state index contributed by atoms with van der Waals surface area (Å²) >= 11 is 0. The average molecular weight is 467 g/mol. The lowest BCUT2D eigenvalue weighted by Gasteiger charge is -2.26. The third-order valence-electron chi connectivity index (χ3n) is 5.84. The first-order valence-corrected chi connectivity index (χ1v) is 11.3. The van der Waals surface area contributed by atoms with Gasteiger partial charge < -0.3 is 4.74 Å². The van der Waals surface area contributed by atoms with Crippen LogP contribution < -0.4 is 5.32 Å². The molecule has 2 N–H and O–H groups in total. The number of nitrogens with zero attached hydrogens (tertiary/aromatic N) is 4. The number of aliphatic imine (C=N–C) groups is 1. The minimum Gasteiger partial charge on any atom is -0.444 e.